The maximum Gasteiger partial charge on any atom is 0.187 e. The molecule has 0 spiro atoms. The lowest BCUT2D eigenvalue weighted by molar-refractivity contribution is -0.390. The summed E-state index contributed by atoms with van der Waals surface area (Å²) in [5.41, 5.74) is 0. The maximum absolute atomic E-state index is 11.5. The van der Waals surface area contributed by atoms with Crippen molar-refractivity contribution in [1.29, 1.82) is 0 Å². The van der Waals surface area contributed by atoms with E-state index < -0.39 is 224 Å². The van der Waals surface area contributed by atoms with Crippen LogP contribution in [0, 0.1) is 0 Å². The van der Waals surface area contributed by atoms with Crippen molar-refractivity contribution >= 4 is 0 Å². The van der Waals surface area contributed by atoms with Crippen LogP contribution >= 0.6 is 0 Å². The van der Waals surface area contributed by atoms with E-state index in [0.717, 1.165) is 0 Å². The fraction of sp³-hybridized carbons (Fsp3) is 1.00. The minimum atomic E-state index is -2.24. The summed E-state index contributed by atoms with van der Waals surface area (Å²) in [6.45, 7) is -5.36. The Balaban J connectivity index is 1.19. The molecule has 0 unspecified atom stereocenters. The van der Waals surface area contributed by atoms with E-state index >= 15 is 0 Å². The maximum atomic E-state index is 11.5. The smallest absolute Gasteiger partial charge is 0.187 e. The van der Waals surface area contributed by atoms with Gasteiger partial charge in [-0.15, -0.1) is 0 Å². The van der Waals surface area contributed by atoms with Gasteiger partial charge in [0.1, 0.15) is 146 Å². The fourth-order valence-electron chi connectivity index (χ4n) is 8.27. The zero-order valence-electron chi connectivity index (χ0n) is 35.0. The first-order valence-corrected chi connectivity index (χ1v) is 21.1. The Morgan fingerprint density at radius 1 is 0.254 bits per heavy atom. The summed E-state index contributed by atoms with van der Waals surface area (Å²) in [5.74, 6) is 0. The molecule has 31 heteroatoms. The monoisotopic (exact) mass is 990 g/mol. The minimum Gasteiger partial charge on any atom is -0.394 e. The van der Waals surface area contributed by atoms with E-state index in [0.29, 0.717) is 0 Å². The van der Waals surface area contributed by atoms with E-state index in [4.69, 9.17) is 52.1 Å². The standard InChI is InChI=1S/C36H62O31/c37-1-7-13(41)19(47)23(51)32(60-7)57-6-12-18(46)29(65-34-24(52)20(48)14(42)8(2-38)61-34)27(55)33(64-12)58-5-11-17(45)28(26(54)31(56)59-11)66-36-30(22(50)16(44)10(4-40)63-36)67-35-25(53)21(49)15(43)9(3-39)62-35/h7-56H,1-6H2/t7-,8-,9-,10-,11-,12-,13-,14-,15-,16-,17-,18-,19+,20+,21+,22+,23+,24+,25+,26+,27+,28+,29+,30+,31-,32+,33+,34-,35-,36-/m1/s1. The molecular weight excluding hydrogens is 928 g/mol. The summed E-state index contributed by atoms with van der Waals surface area (Å²) in [4.78, 5) is 0. The average Bonchev–Trinajstić information content (AvgIpc) is 3.31. The SMILES string of the molecule is OC[C@H]1O[C@H](OC[C@H]2O[C@H](OC[C@H]3O[C@@H](O)[C@@H](O)[C@@H](O[C@H]4O[C@H](CO)[C@@H](O)[C@H](O)[C@@H]4O[C@H]4O[C@H](CO)[C@@H](O)[C@H](O)[C@@H]4O)[C@@H]3O)[C@@H](O)[C@@H](O[C@H]3O[C@H](CO)[C@@H](O)[C@H](O)[C@@H]3O)[C@@H]2O)[C@@H](O)[C@@H](O)[C@@H]1O. The van der Waals surface area contributed by atoms with E-state index in [-0.39, 0.29) is 0 Å². The van der Waals surface area contributed by atoms with Gasteiger partial charge in [0.15, 0.2) is 37.7 Å². The Kier molecular flexibility index (Phi) is 19.4. The second-order valence-corrected chi connectivity index (χ2v) is 16.8. The molecule has 0 aliphatic carbocycles. The summed E-state index contributed by atoms with van der Waals surface area (Å²) in [6.07, 6.45) is -57.5. The van der Waals surface area contributed by atoms with E-state index in [1.807, 2.05) is 0 Å². The zero-order chi connectivity index (χ0) is 49.3. The van der Waals surface area contributed by atoms with Crippen LogP contribution in [0.4, 0.5) is 0 Å². The molecule has 0 aromatic heterocycles. The predicted octanol–water partition coefficient (Wildman–Crippen LogP) is -14.1. The molecule has 6 rings (SSSR count). The van der Waals surface area contributed by atoms with Crippen molar-refractivity contribution < 1.29 is 154 Å². The summed E-state index contributed by atoms with van der Waals surface area (Å²) < 4.78 is 60.8. The van der Waals surface area contributed by atoms with Crippen molar-refractivity contribution in [1.82, 2.24) is 0 Å². The average molecular weight is 991 g/mol. The Bertz CT molecular complexity index is 1500. The summed E-state index contributed by atoms with van der Waals surface area (Å²) in [5, 5.41) is 210. The molecule has 31 nitrogen and oxygen atoms in total. The number of ether oxygens (including phenoxy) is 11. The number of rotatable bonds is 16. The van der Waals surface area contributed by atoms with Crippen LogP contribution in [0.3, 0.4) is 0 Å². The third-order valence-corrected chi connectivity index (χ3v) is 12.4. The fourth-order valence-corrected chi connectivity index (χ4v) is 8.27. The van der Waals surface area contributed by atoms with E-state index in [1.54, 1.807) is 0 Å². The molecule has 6 aliphatic rings. The molecular formula is C36H62O31. The Morgan fingerprint density at radius 3 is 1.01 bits per heavy atom. The molecule has 0 saturated carbocycles. The van der Waals surface area contributed by atoms with Gasteiger partial charge in [0.25, 0.3) is 0 Å². The normalized spacial score (nSPS) is 53.4. The van der Waals surface area contributed by atoms with Gasteiger partial charge < -0.3 is 154 Å². The molecule has 0 radical (unpaired) electrons. The van der Waals surface area contributed by atoms with Crippen molar-refractivity contribution in [3.8, 4) is 0 Å². The second kappa shape index (κ2) is 23.5. The molecule has 392 valence electrons. The van der Waals surface area contributed by atoms with Crippen LogP contribution in [-0.4, -0.2) is 326 Å². The lowest BCUT2D eigenvalue weighted by Crippen LogP contribution is -2.67. The lowest BCUT2D eigenvalue weighted by Gasteiger charge is -2.48. The van der Waals surface area contributed by atoms with Crippen LogP contribution in [0.5, 0.6) is 0 Å². The third kappa shape index (κ3) is 11.5. The van der Waals surface area contributed by atoms with E-state index in [9.17, 15) is 102 Å². The third-order valence-electron chi connectivity index (χ3n) is 12.4. The number of hydrogen-bond donors (Lipinski definition) is 20. The quantitative estimate of drug-likeness (QED) is 0.0683. The van der Waals surface area contributed by atoms with Gasteiger partial charge in [-0.1, -0.05) is 0 Å². The van der Waals surface area contributed by atoms with Crippen LogP contribution in [0.1, 0.15) is 0 Å². The molecule has 20 N–H and O–H groups in total. The highest BCUT2D eigenvalue weighted by Gasteiger charge is 2.56. The molecule has 6 aliphatic heterocycles. The molecule has 67 heavy (non-hydrogen) atoms. The first-order valence-electron chi connectivity index (χ1n) is 21.1. The van der Waals surface area contributed by atoms with Gasteiger partial charge in [-0.3, -0.25) is 0 Å². The van der Waals surface area contributed by atoms with Gasteiger partial charge in [0.05, 0.1) is 39.6 Å². The van der Waals surface area contributed by atoms with Crippen LogP contribution in [0.2, 0.25) is 0 Å². The van der Waals surface area contributed by atoms with Gasteiger partial charge in [0, 0.05) is 0 Å². The number of hydrogen-bond acceptors (Lipinski definition) is 31. The predicted molar refractivity (Wildman–Crippen MR) is 199 cm³/mol. The highest BCUT2D eigenvalue weighted by molar-refractivity contribution is 4.98. The lowest BCUT2D eigenvalue weighted by atomic mass is 9.96. The second-order valence-electron chi connectivity index (χ2n) is 16.8. The van der Waals surface area contributed by atoms with Gasteiger partial charge >= 0.3 is 0 Å². The first kappa shape index (κ1) is 55.1. The minimum absolute atomic E-state index is 0.836. The largest absolute Gasteiger partial charge is 0.394 e. The van der Waals surface area contributed by atoms with E-state index in [2.05, 4.69) is 0 Å². The topological polar surface area (TPSA) is 506 Å². The number of aliphatic hydroxyl groups is 20. The van der Waals surface area contributed by atoms with Crippen molar-refractivity contribution in [3.63, 3.8) is 0 Å². The van der Waals surface area contributed by atoms with Crippen LogP contribution in [0.15, 0.2) is 0 Å². The van der Waals surface area contributed by atoms with Crippen molar-refractivity contribution in [2.45, 2.75) is 184 Å². The Labute approximate surface area is 378 Å². The highest BCUT2D eigenvalue weighted by Crippen LogP contribution is 2.35. The van der Waals surface area contributed by atoms with Gasteiger partial charge in [0.2, 0.25) is 0 Å². The van der Waals surface area contributed by atoms with Gasteiger partial charge in [-0.05, 0) is 0 Å². The van der Waals surface area contributed by atoms with Crippen molar-refractivity contribution in [3.05, 3.63) is 0 Å². The summed E-state index contributed by atoms with van der Waals surface area (Å²) >= 11 is 0. The molecule has 0 aromatic carbocycles. The Hall–Kier alpha value is -1.24. The molecule has 0 aromatic rings. The van der Waals surface area contributed by atoms with Crippen molar-refractivity contribution in [2.24, 2.45) is 0 Å². The molecule has 0 amide bonds. The van der Waals surface area contributed by atoms with Gasteiger partial charge in [-0.25, -0.2) is 0 Å². The molecule has 6 heterocycles. The van der Waals surface area contributed by atoms with Crippen LogP contribution < -0.4 is 0 Å². The first-order chi connectivity index (χ1) is 31.7. The highest BCUT2D eigenvalue weighted by atomic mass is 16.8. The van der Waals surface area contributed by atoms with Gasteiger partial charge in [-0.2, -0.15) is 0 Å². The van der Waals surface area contributed by atoms with Crippen molar-refractivity contribution in [2.75, 3.05) is 39.6 Å². The number of aliphatic hydroxyl groups excluding tert-OH is 20. The summed E-state index contributed by atoms with van der Waals surface area (Å²) in [7, 11) is 0. The van der Waals surface area contributed by atoms with Crippen LogP contribution in [-0.2, 0) is 52.1 Å². The summed E-state index contributed by atoms with van der Waals surface area (Å²) in [6, 6.07) is 0. The molecule has 6 fully saturated rings. The Morgan fingerprint density at radius 2 is 0.567 bits per heavy atom. The van der Waals surface area contributed by atoms with E-state index in [1.165, 1.54) is 0 Å². The van der Waals surface area contributed by atoms with Crippen LogP contribution in [0.25, 0.3) is 0 Å². The molecule has 0 bridgehead atoms. The zero-order valence-corrected chi connectivity index (χ0v) is 35.0. The molecule has 6 saturated heterocycles. The molecule has 30 atom stereocenters.